The Hall–Kier alpha value is -2.71. The number of aliphatic hydroxyl groups excluding tert-OH is 1. The number of carbonyl (C=O) groups excluding carboxylic acids is 1. The highest BCUT2D eigenvalue weighted by atomic mass is 32.2. The van der Waals surface area contributed by atoms with Crippen LogP contribution in [-0.2, 0) is 31.3 Å². The van der Waals surface area contributed by atoms with E-state index in [-0.39, 0.29) is 42.9 Å². The minimum atomic E-state index is -4.06. The van der Waals surface area contributed by atoms with E-state index in [0.717, 1.165) is 18.4 Å². The second kappa shape index (κ2) is 13.7. The predicted molar refractivity (Wildman–Crippen MR) is 158 cm³/mol. The lowest BCUT2D eigenvalue weighted by Gasteiger charge is -2.31. The fourth-order valence-electron chi connectivity index (χ4n) is 5.14. The molecule has 11 nitrogen and oxygen atoms in total. The third-order valence-corrected chi connectivity index (χ3v) is 11.3. The van der Waals surface area contributed by atoms with Crippen molar-refractivity contribution in [1.29, 1.82) is 0 Å². The lowest BCUT2D eigenvalue weighted by Crippen LogP contribution is -2.52. The molecule has 0 bridgehead atoms. The van der Waals surface area contributed by atoms with Crippen molar-refractivity contribution in [2.75, 3.05) is 38.7 Å². The van der Waals surface area contributed by atoms with Crippen LogP contribution in [0.3, 0.4) is 0 Å². The van der Waals surface area contributed by atoms with Gasteiger partial charge < -0.3 is 19.9 Å². The SMILES string of the molecule is CC(C)CN(C[C@@H](O)[C@H](Cc1ccccc1)NC(=O)[C@H](C)CS(=O)(=O)N1CCCC1)S(=O)(=O)c1ccc2c(c1)OCO2. The first-order valence-corrected chi connectivity index (χ1v) is 17.3. The first-order valence-electron chi connectivity index (χ1n) is 14.3. The van der Waals surface area contributed by atoms with Crippen molar-refractivity contribution in [3.05, 3.63) is 54.1 Å². The molecule has 0 radical (unpaired) electrons. The summed E-state index contributed by atoms with van der Waals surface area (Å²) >= 11 is 0. The molecule has 0 aliphatic carbocycles. The highest BCUT2D eigenvalue weighted by Crippen LogP contribution is 2.35. The highest BCUT2D eigenvalue weighted by molar-refractivity contribution is 7.89. The van der Waals surface area contributed by atoms with Gasteiger partial charge in [0.2, 0.25) is 32.7 Å². The first kappa shape index (κ1) is 32.2. The lowest BCUT2D eigenvalue weighted by atomic mass is 10.00. The third-order valence-electron chi connectivity index (χ3n) is 7.40. The molecule has 2 aromatic carbocycles. The summed E-state index contributed by atoms with van der Waals surface area (Å²) in [5, 5.41) is 14.3. The Labute approximate surface area is 248 Å². The van der Waals surface area contributed by atoms with E-state index in [1.54, 1.807) is 6.92 Å². The Bertz CT molecular complexity index is 1430. The van der Waals surface area contributed by atoms with Gasteiger partial charge in [-0.1, -0.05) is 51.1 Å². The molecular weight excluding hydrogens is 582 g/mol. The molecule has 2 aromatic rings. The summed E-state index contributed by atoms with van der Waals surface area (Å²) < 4.78 is 66.5. The fourth-order valence-corrected chi connectivity index (χ4v) is 8.59. The molecule has 1 saturated heterocycles. The molecule has 0 unspecified atom stereocenters. The summed E-state index contributed by atoms with van der Waals surface area (Å²) in [5.41, 5.74) is 0.827. The van der Waals surface area contributed by atoms with Gasteiger partial charge in [0.25, 0.3) is 0 Å². The van der Waals surface area contributed by atoms with Gasteiger partial charge in [-0.2, -0.15) is 4.31 Å². The summed E-state index contributed by atoms with van der Waals surface area (Å²) in [7, 11) is -7.66. The Morgan fingerprint density at radius 1 is 0.976 bits per heavy atom. The van der Waals surface area contributed by atoms with Gasteiger partial charge in [-0.05, 0) is 42.9 Å². The minimum absolute atomic E-state index is 0.00369. The van der Waals surface area contributed by atoms with Crippen LogP contribution in [0.1, 0.15) is 39.2 Å². The third kappa shape index (κ3) is 8.01. The molecule has 1 fully saturated rings. The lowest BCUT2D eigenvalue weighted by molar-refractivity contribution is -0.125. The van der Waals surface area contributed by atoms with Crippen LogP contribution >= 0.6 is 0 Å². The fraction of sp³-hybridized carbons (Fsp3) is 0.552. The number of fused-ring (bicyclic) bond motifs is 1. The second-order valence-electron chi connectivity index (χ2n) is 11.4. The molecule has 4 rings (SSSR count). The molecule has 232 valence electrons. The van der Waals surface area contributed by atoms with Gasteiger partial charge >= 0.3 is 0 Å². The number of rotatable bonds is 14. The zero-order valence-electron chi connectivity index (χ0n) is 24.3. The van der Waals surface area contributed by atoms with Gasteiger partial charge in [-0.25, -0.2) is 21.1 Å². The Balaban J connectivity index is 1.54. The zero-order valence-corrected chi connectivity index (χ0v) is 25.9. The van der Waals surface area contributed by atoms with E-state index < -0.39 is 44.0 Å². The number of aliphatic hydroxyl groups is 1. The summed E-state index contributed by atoms with van der Waals surface area (Å²) in [6.45, 7) is 6.05. The number of amides is 1. The molecule has 0 aromatic heterocycles. The van der Waals surface area contributed by atoms with Crippen molar-refractivity contribution in [2.24, 2.45) is 11.8 Å². The Kier molecular flexibility index (Phi) is 10.5. The molecule has 0 saturated carbocycles. The molecule has 42 heavy (non-hydrogen) atoms. The van der Waals surface area contributed by atoms with Crippen LogP contribution in [0, 0.1) is 11.8 Å². The van der Waals surface area contributed by atoms with Crippen LogP contribution in [0.5, 0.6) is 11.5 Å². The number of hydrogen-bond donors (Lipinski definition) is 2. The standard InChI is InChI=1S/C29H41N3O8S2/c1-21(2)17-32(42(37,38)24-11-12-27-28(16-24)40-20-39-27)18-26(33)25(15-23-9-5-4-6-10-23)30-29(34)22(3)19-41(35,36)31-13-7-8-14-31/h4-6,9-12,16,21-22,25-26,33H,7-8,13-15,17-20H2,1-3H3,(H,30,34)/t22-,25+,26-/m1/s1. The molecule has 1 amide bonds. The van der Waals surface area contributed by atoms with E-state index in [4.69, 9.17) is 9.47 Å². The van der Waals surface area contributed by atoms with E-state index in [2.05, 4.69) is 5.32 Å². The van der Waals surface area contributed by atoms with Crippen molar-refractivity contribution < 1.29 is 36.2 Å². The molecule has 2 N–H and O–H groups in total. The predicted octanol–water partition coefficient (Wildman–Crippen LogP) is 2.21. The number of sulfonamides is 2. The highest BCUT2D eigenvalue weighted by Gasteiger charge is 2.34. The van der Waals surface area contributed by atoms with Crippen molar-refractivity contribution in [3.8, 4) is 11.5 Å². The van der Waals surface area contributed by atoms with Crippen LogP contribution in [0.2, 0.25) is 0 Å². The topological polar surface area (TPSA) is 143 Å². The smallest absolute Gasteiger partial charge is 0.243 e. The number of nitrogens with zero attached hydrogens (tertiary/aromatic N) is 2. The normalized spacial score (nSPS) is 17.9. The molecule has 0 spiro atoms. The maximum atomic E-state index is 13.8. The van der Waals surface area contributed by atoms with Gasteiger partial charge in [-0.3, -0.25) is 4.79 Å². The van der Waals surface area contributed by atoms with Gasteiger partial charge in [0.05, 0.1) is 28.7 Å². The molecule has 13 heteroatoms. The van der Waals surface area contributed by atoms with Gasteiger partial charge in [0, 0.05) is 32.2 Å². The van der Waals surface area contributed by atoms with Crippen LogP contribution in [0.25, 0.3) is 0 Å². The van der Waals surface area contributed by atoms with E-state index in [9.17, 15) is 26.7 Å². The average Bonchev–Trinajstić information content (AvgIpc) is 3.65. The molecule has 2 aliphatic rings. The van der Waals surface area contributed by atoms with Gasteiger partial charge in [0.15, 0.2) is 11.5 Å². The molecular formula is C29H41N3O8S2. The van der Waals surface area contributed by atoms with E-state index >= 15 is 0 Å². The molecule has 2 aliphatic heterocycles. The largest absolute Gasteiger partial charge is 0.454 e. The second-order valence-corrected chi connectivity index (χ2v) is 15.3. The summed E-state index contributed by atoms with van der Waals surface area (Å²) in [6.07, 6.45) is 0.526. The summed E-state index contributed by atoms with van der Waals surface area (Å²) in [5.74, 6) is -1.01. The van der Waals surface area contributed by atoms with E-state index in [1.165, 1.54) is 26.8 Å². The van der Waals surface area contributed by atoms with Crippen molar-refractivity contribution in [3.63, 3.8) is 0 Å². The quantitative estimate of drug-likeness (QED) is 0.326. The summed E-state index contributed by atoms with van der Waals surface area (Å²) in [4.78, 5) is 13.3. The number of carbonyl (C=O) groups is 1. The molecule has 2 heterocycles. The summed E-state index contributed by atoms with van der Waals surface area (Å²) in [6, 6.07) is 12.7. The van der Waals surface area contributed by atoms with Gasteiger partial charge in [-0.15, -0.1) is 0 Å². The van der Waals surface area contributed by atoms with Crippen molar-refractivity contribution in [2.45, 2.75) is 57.1 Å². The Morgan fingerprint density at radius 2 is 1.64 bits per heavy atom. The number of nitrogens with one attached hydrogen (secondary N) is 1. The maximum absolute atomic E-state index is 13.8. The van der Waals surface area contributed by atoms with Crippen LogP contribution in [0.15, 0.2) is 53.4 Å². The van der Waals surface area contributed by atoms with Crippen molar-refractivity contribution in [1.82, 2.24) is 13.9 Å². The zero-order chi connectivity index (χ0) is 30.5. The number of ether oxygens (including phenoxy) is 2. The maximum Gasteiger partial charge on any atom is 0.243 e. The average molecular weight is 624 g/mol. The number of benzene rings is 2. The molecule has 3 atom stereocenters. The van der Waals surface area contributed by atoms with Crippen LogP contribution in [0.4, 0.5) is 0 Å². The van der Waals surface area contributed by atoms with E-state index in [1.807, 2.05) is 44.2 Å². The van der Waals surface area contributed by atoms with Crippen LogP contribution < -0.4 is 14.8 Å². The van der Waals surface area contributed by atoms with Crippen LogP contribution in [-0.4, -0.2) is 87.3 Å². The minimum Gasteiger partial charge on any atom is -0.454 e. The van der Waals surface area contributed by atoms with Gasteiger partial charge in [0.1, 0.15) is 0 Å². The number of hydrogen-bond acceptors (Lipinski definition) is 8. The monoisotopic (exact) mass is 623 g/mol. The van der Waals surface area contributed by atoms with Crippen molar-refractivity contribution >= 4 is 26.0 Å². The first-order chi connectivity index (χ1) is 19.9. The Morgan fingerprint density at radius 3 is 2.31 bits per heavy atom. The van der Waals surface area contributed by atoms with E-state index in [0.29, 0.717) is 24.6 Å².